The largest absolute Gasteiger partial charge is 0.496 e. The van der Waals surface area contributed by atoms with Gasteiger partial charge in [-0.1, -0.05) is 32.0 Å². The van der Waals surface area contributed by atoms with Gasteiger partial charge in [0.1, 0.15) is 5.75 Å². The van der Waals surface area contributed by atoms with Crippen LogP contribution in [0.5, 0.6) is 5.75 Å². The molecule has 1 aromatic rings. The summed E-state index contributed by atoms with van der Waals surface area (Å²) >= 11 is 0. The summed E-state index contributed by atoms with van der Waals surface area (Å²) < 4.78 is 5.54. The fraction of sp³-hybridized carbons (Fsp3) is 0.667. The summed E-state index contributed by atoms with van der Waals surface area (Å²) in [6.07, 6.45) is 2.27. The molecule has 3 nitrogen and oxygen atoms in total. The molecule has 0 bridgehead atoms. The maximum atomic E-state index is 5.54. The van der Waals surface area contributed by atoms with Gasteiger partial charge >= 0.3 is 0 Å². The van der Waals surface area contributed by atoms with Crippen LogP contribution in [-0.2, 0) is 0 Å². The highest BCUT2D eigenvalue weighted by Crippen LogP contribution is 2.27. The normalized spacial score (nSPS) is 13.5. The molecule has 0 heterocycles. The summed E-state index contributed by atoms with van der Waals surface area (Å²) in [5.41, 5.74) is 1.45. The number of ether oxygens (including phenoxy) is 1. The second kappa shape index (κ2) is 8.40. The molecule has 0 saturated carbocycles. The quantitative estimate of drug-likeness (QED) is 0.748. The lowest BCUT2D eigenvalue weighted by Gasteiger charge is -2.37. The van der Waals surface area contributed by atoms with Crippen molar-refractivity contribution in [3.05, 3.63) is 29.8 Å². The van der Waals surface area contributed by atoms with Crippen LogP contribution in [0.3, 0.4) is 0 Å². The summed E-state index contributed by atoms with van der Waals surface area (Å²) in [5.74, 6) is 0.966. The van der Waals surface area contributed by atoms with Gasteiger partial charge in [-0.05, 0) is 46.3 Å². The van der Waals surface area contributed by atoms with Crippen LogP contribution in [-0.4, -0.2) is 37.7 Å². The van der Waals surface area contributed by atoms with E-state index in [0.717, 1.165) is 31.7 Å². The molecule has 0 saturated heterocycles. The molecule has 0 amide bonds. The van der Waals surface area contributed by atoms with E-state index in [4.69, 9.17) is 4.74 Å². The number of methoxy groups -OCH3 is 1. The van der Waals surface area contributed by atoms with Gasteiger partial charge in [-0.25, -0.2) is 0 Å². The first-order valence-electron chi connectivity index (χ1n) is 8.03. The van der Waals surface area contributed by atoms with Crippen molar-refractivity contribution in [3.8, 4) is 5.75 Å². The standard InChI is InChI=1S/C18H32N2O/c1-7-13-19-16(14-20(5)18(3,4)8-2)15-11-9-10-12-17(15)21-6/h9-12,16,19H,7-8,13-14H2,1-6H3. The highest BCUT2D eigenvalue weighted by molar-refractivity contribution is 5.36. The molecule has 0 radical (unpaired) electrons. The Kier molecular flexibility index (Phi) is 7.20. The van der Waals surface area contributed by atoms with Crippen LogP contribution >= 0.6 is 0 Å². The molecule has 0 aliphatic heterocycles. The molecule has 1 rings (SSSR count). The van der Waals surface area contributed by atoms with E-state index in [1.54, 1.807) is 7.11 Å². The number of hydrogen-bond donors (Lipinski definition) is 1. The molecule has 0 spiro atoms. The maximum Gasteiger partial charge on any atom is 0.123 e. The van der Waals surface area contributed by atoms with E-state index in [1.165, 1.54) is 5.56 Å². The summed E-state index contributed by atoms with van der Waals surface area (Å²) in [7, 11) is 3.95. The molecular weight excluding hydrogens is 260 g/mol. The van der Waals surface area contributed by atoms with Gasteiger partial charge in [-0.15, -0.1) is 0 Å². The van der Waals surface area contributed by atoms with Crippen LogP contribution in [0.25, 0.3) is 0 Å². The van der Waals surface area contributed by atoms with E-state index in [-0.39, 0.29) is 11.6 Å². The van der Waals surface area contributed by atoms with E-state index in [2.05, 4.69) is 57.1 Å². The predicted octanol–water partition coefficient (Wildman–Crippen LogP) is 3.86. The molecule has 0 aliphatic rings. The molecule has 21 heavy (non-hydrogen) atoms. The molecule has 0 aromatic heterocycles. The number of nitrogens with zero attached hydrogens (tertiary/aromatic N) is 1. The van der Waals surface area contributed by atoms with Crippen molar-refractivity contribution in [2.24, 2.45) is 0 Å². The van der Waals surface area contributed by atoms with Crippen LogP contribution in [0.1, 0.15) is 52.1 Å². The minimum Gasteiger partial charge on any atom is -0.496 e. The van der Waals surface area contributed by atoms with Gasteiger partial charge in [0.15, 0.2) is 0 Å². The van der Waals surface area contributed by atoms with Crippen molar-refractivity contribution >= 4 is 0 Å². The number of hydrogen-bond acceptors (Lipinski definition) is 3. The fourth-order valence-corrected chi connectivity index (χ4v) is 2.34. The van der Waals surface area contributed by atoms with Crippen molar-refractivity contribution in [2.75, 3.05) is 27.2 Å². The van der Waals surface area contributed by atoms with Crippen LogP contribution in [0.4, 0.5) is 0 Å². The number of rotatable bonds is 9. The Morgan fingerprint density at radius 3 is 2.48 bits per heavy atom. The molecule has 0 aliphatic carbocycles. The second-order valence-corrected chi connectivity index (χ2v) is 6.30. The number of benzene rings is 1. The molecule has 3 heteroatoms. The number of para-hydroxylation sites is 1. The Morgan fingerprint density at radius 2 is 1.90 bits per heavy atom. The Hall–Kier alpha value is -1.06. The SMILES string of the molecule is CCCNC(CN(C)C(C)(C)CC)c1ccccc1OC. The molecule has 0 fully saturated rings. The monoisotopic (exact) mass is 292 g/mol. The van der Waals surface area contributed by atoms with Crippen LogP contribution in [0.2, 0.25) is 0 Å². The molecule has 1 N–H and O–H groups in total. The Balaban J connectivity index is 2.95. The fourth-order valence-electron chi connectivity index (χ4n) is 2.34. The van der Waals surface area contributed by atoms with Gasteiger partial charge in [0.05, 0.1) is 7.11 Å². The first kappa shape index (κ1) is 18.0. The Bertz CT molecular complexity index is 417. The number of nitrogens with one attached hydrogen (secondary N) is 1. The summed E-state index contributed by atoms with van der Waals surface area (Å²) in [6, 6.07) is 8.61. The predicted molar refractivity (Wildman–Crippen MR) is 91.0 cm³/mol. The summed E-state index contributed by atoms with van der Waals surface area (Å²) in [4.78, 5) is 2.44. The maximum absolute atomic E-state index is 5.54. The van der Waals surface area contributed by atoms with Gasteiger partial charge < -0.3 is 10.1 Å². The third-order valence-electron chi connectivity index (χ3n) is 4.51. The summed E-state index contributed by atoms with van der Waals surface area (Å²) in [6.45, 7) is 11.0. The highest BCUT2D eigenvalue weighted by Gasteiger charge is 2.25. The smallest absolute Gasteiger partial charge is 0.123 e. The second-order valence-electron chi connectivity index (χ2n) is 6.30. The average molecular weight is 292 g/mol. The number of likely N-dealkylation sites (N-methyl/N-ethyl adjacent to an activating group) is 1. The van der Waals surface area contributed by atoms with Crippen LogP contribution in [0.15, 0.2) is 24.3 Å². The zero-order valence-electron chi connectivity index (χ0n) is 14.6. The van der Waals surface area contributed by atoms with Gasteiger partial charge in [-0.3, -0.25) is 4.90 Å². The van der Waals surface area contributed by atoms with Gasteiger partial charge in [0.2, 0.25) is 0 Å². The molecule has 1 unspecified atom stereocenters. The Morgan fingerprint density at radius 1 is 1.24 bits per heavy atom. The van der Waals surface area contributed by atoms with Crippen molar-refractivity contribution in [1.82, 2.24) is 10.2 Å². The van der Waals surface area contributed by atoms with Crippen molar-refractivity contribution in [3.63, 3.8) is 0 Å². The van der Waals surface area contributed by atoms with Crippen LogP contribution < -0.4 is 10.1 Å². The average Bonchev–Trinajstić information content (AvgIpc) is 2.51. The zero-order valence-corrected chi connectivity index (χ0v) is 14.6. The first-order chi connectivity index (χ1) is 9.96. The Labute approximate surface area is 130 Å². The van der Waals surface area contributed by atoms with Gasteiger partial charge in [0.25, 0.3) is 0 Å². The minimum absolute atomic E-state index is 0.203. The van der Waals surface area contributed by atoms with Gasteiger partial charge in [0, 0.05) is 23.7 Å². The lowest BCUT2D eigenvalue weighted by molar-refractivity contribution is 0.135. The lowest BCUT2D eigenvalue weighted by Crippen LogP contribution is -2.45. The topological polar surface area (TPSA) is 24.5 Å². The van der Waals surface area contributed by atoms with E-state index in [0.29, 0.717) is 0 Å². The van der Waals surface area contributed by atoms with E-state index in [9.17, 15) is 0 Å². The first-order valence-corrected chi connectivity index (χ1v) is 8.03. The van der Waals surface area contributed by atoms with E-state index >= 15 is 0 Å². The van der Waals surface area contributed by atoms with Gasteiger partial charge in [-0.2, -0.15) is 0 Å². The molecular formula is C18H32N2O. The summed E-state index contributed by atoms with van der Waals surface area (Å²) in [5, 5.41) is 3.67. The third-order valence-corrected chi connectivity index (χ3v) is 4.51. The molecule has 120 valence electrons. The van der Waals surface area contributed by atoms with Crippen molar-refractivity contribution < 1.29 is 4.74 Å². The van der Waals surface area contributed by atoms with E-state index in [1.807, 2.05) is 12.1 Å². The van der Waals surface area contributed by atoms with Crippen molar-refractivity contribution in [2.45, 2.75) is 52.1 Å². The molecule has 1 atom stereocenters. The zero-order chi connectivity index (χ0) is 15.9. The third kappa shape index (κ3) is 5.01. The van der Waals surface area contributed by atoms with Crippen LogP contribution in [0, 0.1) is 0 Å². The minimum atomic E-state index is 0.203. The lowest BCUT2D eigenvalue weighted by atomic mass is 9.97. The van der Waals surface area contributed by atoms with Crippen molar-refractivity contribution in [1.29, 1.82) is 0 Å². The highest BCUT2D eigenvalue weighted by atomic mass is 16.5. The molecule has 1 aromatic carbocycles. The van der Waals surface area contributed by atoms with E-state index < -0.39 is 0 Å².